The van der Waals surface area contributed by atoms with Gasteiger partial charge in [0.25, 0.3) is 0 Å². The molecule has 4 aromatic rings. The summed E-state index contributed by atoms with van der Waals surface area (Å²) >= 11 is 6.10. The molecule has 9 heteroatoms. The number of hydrogen-bond donors (Lipinski definition) is 2. The van der Waals surface area contributed by atoms with E-state index in [4.69, 9.17) is 16.3 Å². The summed E-state index contributed by atoms with van der Waals surface area (Å²) in [5.74, 6) is 1.32. The van der Waals surface area contributed by atoms with E-state index in [0.717, 1.165) is 41.1 Å². The standard InChI is InChI=1S/C23H21ClN6O2/c24-16-1-6-21-20(11-16)22(14-27-21)28-23(31)30-9-7-29(8-10-30)17-2-4-18(5-3-17)32-19-12-25-15-26-13-19/h1-6,11-15,27H,7-10H2,(H,28,31). The largest absolute Gasteiger partial charge is 0.454 e. The molecule has 8 nitrogen and oxygen atoms in total. The van der Waals surface area contributed by atoms with Crippen molar-refractivity contribution in [1.82, 2.24) is 19.9 Å². The Morgan fingerprint density at radius 1 is 1.00 bits per heavy atom. The van der Waals surface area contributed by atoms with Crippen LogP contribution in [0.5, 0.6) is 11.5 Å². The van der Waals surface area contributed by atoms with Crippen LogP contribution in [0.2, 0.25) is 5.02 Å². The summed E-state index contributed by atoms with van der Waals surface area (Å²) in [6.07, 6.45) is 6.50. The van der Waals surface area contributed by atoms with Gasteiger partial charge in [-0.1, -0.05) is 11.6 Å². The number of nitrogens with zero attached hydrogens (tertiary/aromatic N) is 4. The molecule has 0 bridgehead atoms. The van der Waals surface area contributed by atoms with Gasteiger partial charge in [0.15, 0.2) is 5.75 Å². The van der Waals surface area contributed by atoms with Crippen LogP contribution in [0.4, 0.5) is 16.2 Å². The van der Waals surface area contributed by atoms with Gasteiger partial charge in [-0.3, -0.25) is 0 Å². The van der Waals surface area contributed by atoms with Crippen LogP contribution in [0.25, 0.3) is 10.9 Å². The monoisotopic (exact) mass is 448 g/mol. The van der Waals surface area contributed by atoms with Gasteiger partial charge < -0.3 is 24.8 Å². The molecule has 2 amide bonds. The molecule has 32 heavy (non-hydrogen) atoms. The summed E-state index contributed by atoms with van der Waals surface area (Å²) < 4.78 is 5.74. The van der Waals surface area contributed by atoms with Crippen molar-refractivity contribution in [3.63, 3.8) is 0 Å². The van der Waals surface area contributed by atoms with Crippen molar-refractivity contribution in [3.05, 3.63) is 72.4 Å². The summed E-state index contributed by atoms with van der Waals surface area (Å²) in [7, 11) is 0. The Morgan fingerprint density at radius 3 is 2.50 bits per heavy atom. The van der Waals surface area contributed by atoms with Crippen molar-refractivity contribution >= 4 is 39.9 Å². The van der Waals surface area contributed by atoms with Gasteiger partial charge in [0.05, 0.1) is 18.1 Å². The number of piperazine rings is 1. The van der Waals surface area contributed by atoms with Gasteiger partial charge in [-0.2, -0.15) is 0 Å². The quantitative estimate of drug-likeness (QED) is 0.470. The summed E-state index contributed by atoms with van der Waals surface area (Å²) in [6, 6.07) is 13.3. The van der Waals surface area contributed by atoms with Crippen LogP contribution in [0.15, 0.2) is 67.4 Å². The Balaban J connectivity index is 1.17. The van der Waals surface area contributed by atoms with Gasteiger partial charge in [0.1, 0.15) is 12.1 Å². The lowest BCUT2D eigenvalue weighted by Crippen LogP contribution is -2.50. The highest BCUT2D eigenvalue weighted by Gasteiger charge is 2.22. The van der Waals surface area contributed by atoms with E-state index >= 15 is 0 Å². The Kier molecular flexibility index (Phi) is 5.51. The number of fused-ring (bicyclic) bond motifs is 1. The van der Waals surface area contributed by atoms with E-state index in [0.29, 0.717) is 23.9 Å². The van der Waals surface area contributed by atoms with Gasteiger partial charge in [-0.15, -0.1) is 0 Å². The summed E-state index contributed by atoms with van der Waals surface area (Å²) in [5.41, 5.74) is 2.75. The SMILES string of the molecule is O=C(Nc1c[nH]c2ccc(Cl)cc12)N1CCN(c2ccc(Oc3cncnc3)cc2)CC1. The number of aromatic nitrogens is 3. The number of anilines is 2. The Labute approximate surface area is 189 Å². The number of hydrogen-bond acceptors (Lipinski definition) is 5. The van der Waals surface area contributed by atoms with Crippen LogP contribution < -0.4 is 15.0 Å². The molecule has 2 aromatic carbocycles. The van der Waals surface area contributed by atoms with Crippen molar-refractivity contribution in [3.8, 4) is 11.5 Å². The zero-order chi connectivity index (χ0) is 21.9. The topological polar surface area (TPSA) is 86.4 Å². The van der Waals surface area contributed by atoms with Crippen LogP contribution in [0, 0.1) is 0 Å². The highest BCUT2D eigenvalue weighted by atomic mass is 35.5. The average molecular weight is 449 g/mol. The van der Waals surface area contributed by atoms with E-state index < -0.39 is 0 Å². The molecule has 162 valence electrons. The van der Waals surface area contributed by atoms with Gasteiger partial charge in [0, 0.05) is 54.0 Å². The molecule has 0 saturated carbocycles. The molecule has 0 unspecified atom stereocenters. The average Bonchev–Trinajstić information content (AvgIpc) is 3.22. The molecule has 1 aliphatic rings. The lowest BCUT2D eigenvalue weighted by Gasteiger charge is -2.36. The van der Waals surface area contributed by atoms with Crippen molar-refractivity contribution in [2.24, 2.45) is 0 Å². The first kappa shape index (κ1) is 20.1. The number of nitrogens with one attached hydrogen (secondary N) is 2. The molecular weight excluding hydrogens is 428 g/mol. The molecule has 1 fully saturated rings. The Bertz CT molecular complexity index is 1220. The zero-order valence-electron chi connectivity index (χ0n) is 17.2. The fourth-order valence-corrected chi connectivity index (χ4v) is 3.93. The second-order valence-electron chi connectivity index (χ2n) is 7.47. The van der Waals surface area contributed by atoms with Crippen molar-refractivity contribution < 1.29 is 9.53 Å². The lowest BCUT2D eigenvalue weighted by molar-refractivity contribution is 0.208. The number of urea groups is 1. The second kappa shape index (κ2) is 8.76. The van der Waals surface area contributed by atoms with Gasteiger partial charge in [-0.25, -0.2) is 14.8 Å². The predicted molar refractivity (Wildman–Crippen MR) is 125 cm³/mol. The van der Waals surface area contributed by atoms with E-state index in [9.17, 15) is 4.79 Å². The fraction of sp³-hybridized carbons (Fsp3) is 0.174. The molecule has 0 radical (unpaired) electrons. The molecule has 3 heterocycles. The summed E-state index contributed by atoms with van der Waals surface area (Å²) in [5, 5.41) is 4.53. The smallest absolute Gasteiger partial charge is 0.322 e. The minimum atomic E-state index is -0.112. The molecule has 0 aliphatic carbocycles. The van der Waals surface area contributed by atoms with E-state index in [1.165, 1.54) is 6.33 Å². The molecule has 0 atom stereocenters. The third-order valence-corrected chi connectivity index (χ3v) is 5.66. The Hall–Kier alpha value is -3.78. The van der Waals surface area contributed by atoms with Crippen molar-refractivity contribution in [2.75, 3.05) is 36.4 Å². The fourth-order valence-electron chi connectivity index (χ4n) is 3.76. The summed E-state index contributed by atoms with van der Waals surface area (Å²) in [6.45, 7) is 2.77. The molecule has 2 N–H and O–H groups in total. The number of carbonyl (C=O) groups excluding carboxylic acids is 1. The maximum Gasteiger partial charge on any atom is 0.322 e. The van der Waals surface area contributed by atoms with Crippen LogP contribution >= 0.6 is 11.6 Å². The van der Waals surface area contributed by atoms with E-state index in [-0.39, 0.29) is 6.03 Å². The maximum absolute atomic E-state index is 12.8. The number of carbonyl (C=O) groups is 1. The highest BCUT2D eigenvalue weighted by molar-refractivity contribution is 6.31. The molecule has 1 aliphatic heterocycles. The Morgan fingerprint density at radius 2 is 1.75 bits per heavy atom. The van der Waals surface area contributed by atoms with Crippen LogP contribution in [0.3, 0.4) is 0 Å². The van der Waals surface area contributed by atoms with Crippen molar-refractivity contribution in [2.45, 2.75) is 0 Å². The molecule has 2 aromatic heterocycles. The van der Waals surface area contributed by atoms with Crippen LogP contribution in [-0.4, -0.2) is 52.1 Å². The number of rotatable bonds is 4. The normalized spacial score (nSPS) is 13.9. The van der Waals surface area contributed by atoms with E-state index in [1.807, 2.05) is 47.4 Å². The van der Waals surface area contributed by atoms with Crippen molar-refractivity contribution in [1.29, 1.82) is 0 Å². The highest BCUT2D eigenvalue weighted by Crippen LogP contribution is 2.27. The maximum atomic E-state index is 12.8. The van der Waals surface area contributed by atoms with Gasteiger partial charge >= 0.3 is 6.03 Å². The lowest BCUT2D eigenvalue weighted by atomic mass is 10.2. The van der Waals surface area contributed by atoms with E-state index in [2.05, 4.69) is 25.2 Å². The van der Waals surface area contributed by atoms with Crippen LogP contribution in [-0.2, 0) is 0 Å². The predicted octanol–water partition coefficient (Wildman–Crippen LogP) is 4.76. The van der Waals surface area contributed by atoms with Gasteiger partial charge in [-0.05, 0) is 42.5 Å². The van der Waals surface area contributed by atoms with Crippen LogP contribution in [0.1, 0.15) is 0 Å². The summed E-state index contributed by atoms with van der Waals surface area (Å²) in [4.78, 5) is 27.9. The number of ether oxygens (including phenoxy) is 1. The van der Waals surface area contributed by atoms with E-state index in [1.54, 1.807) is 18.6 Å². The first-order valence-electron chi connectivity index (χ1n) is 10.3. The first-order chi connectivity index (χ1) is 15.7. The molecular formula is C23H21ClN6O2. The third kappa shape index (κ3) is 4.31. The number of aromatic amines is 1. The molecule has 1 saturated heterocycles. The second-order valence-corrected chi connectivity index (χ2v) is 7.90. The minimum Gasteiger partial charge on any atom is -0.454 e. The molecule has 0 spiro atoms. The first-order valence-corrected chi connectivity index (χ1v) is 10.6. The third-order valence-electron chi connectivity index (χ3n) is 5.43. The number of benzene rings is 2. The minimum absolute atomic E-state index is 0.112. The number of H-pyrrole nitrogens is 1. The number of halogens is 1. The number of amides is 2. The van der Waals surface area contributed by atoms with Gasteiger partial charge in [0.2, 0.25) is 0 Å². The molecule has 5 rings (SSSR count). The zero-order valence-corrected chi connectivity index (χ0v) is 17.9.